The molecule has 0 atom stereocenters. The highest BCUT2D eigenvalue weighted by Crippen LogP contribution is 2.13. The standard InChI is InChI=1S/C9H9N3.2ClH/c10-12-9-6-5-7-3-1-2-4-8(7)11-9;;/h1-6H,10H2,(H,11,12);2*1H. The van der Waals surface area contributed by atoms with Gasteiger partial charge < -0.3 is 5.43 Å². The minimum atomic E-state index is 0. The highest BCUT2D eigenvalue weighted by molar-refractivity contribution is 5.85. The van der Waals surface area contributed by atoms with E-state index in [1.54, 1.807) is 0 Å². The number of rotatable bonds is 1. The highest BCUT2D eigenvalue weighted by atomic mass is 35.5. The number of fused-ring (bicyclic) bond motifs is 1. The van der Waals surface area contributed by atoms with Crippen LogP contribution in [0.5, 0.6) is 0 Å². The van der Waals surface area contributed by atoms with Crippen molar-refractivity contribution in [3.63, 3.8) is 0 Å². The van der Waals surface area contributed by atoms with Crippen LogP contribution < -0.4 is 11.3 Å². The Hall–Kier alpha value is -1.03. The molecule has 0 saturated heterocycles. The number of nitrogen functional groups attached to an aromatic ring is 1. The molecule has 0 radical (unpaired) electrons. The first-order valence-corrected chi connectivity index (χ1v) is 3.72. The van der Waals surface area contributed by atoms with Gasteiger partial charge in [0.1, 0.15) is 5.82 Å². The normalized spacial score (nSPS) is 8.64. The van der Waals surface area contributed by atoms with Crippen LogP contribution in [0.25, 0.3) is 10.9 Å². The Morgan fingerprint density at radius 1 is 1.00 bits per heavy atom. The number of hydrogen-bond donors (Lipinski definition) is 2. The second kappa shape index (κ2) is 5.65. The Balaban J connectivity index is 0.000000845. The highest BCUT2D eigenvalue weighted by Gasteiger charge is 1.93. The number of para-hydroxylation sites is 1. The monoisotopic (exact) mass is 231 g/mol. The number of halogens is 2. The third-order valence-corrected chi connectivity index (χ3v) is 1.75. The van der Waals surface area contributed by atoms with Crippen molar-refractivity contribution in [3.8, 4) is 0 Å². The van der Waals surface area contributed by atoms with Gasteiger partial charge in [0.2, 0.25) is 0 Å². The fraction of sp³-hybridized carbons (Fsp3) is 0. The van der Waals surface area contributed by atoms with Gasteiger partial charge in [0.15, 0.2) is 0 Å². The first kappa shape index (κ1) is 13.0. The second-order valence-corrected chi connectivity index (χ2v) is 2.53. The van der Waals surface area contributed by atoms with Gasteiger partial charge in [0, 0.05) is 5.39 Å². The van der Waals surface area contributed by atoms with Crippen LogP contribution in [0.4, 0.5) is 5.82 Å². The molecule has 0 aliphatic carbocycles. The molecule has 0 bridgehead atoms. The molecule has 14 heavy (non-hydrogen) atoms. The number of pyridine rings is 1. The second-order valence-electron chi connectivity index (χ2n) is 2.53. The number of hydrogen-bond acceptors (Lipinski definition) is 3. The smallest absolute Gasteiger partial charge is 0.140 e. The molecule has 0 saturated carbocycles. The number of nitrogens with zero attached hydrogens (tertiary/aromatic N) is 1. The van der Waals surface area contributed by atoms with Crippen molar-refractivity contribution in [3.05, 3.63) is 36.4 Å². The summed E-state index contributed by atoms with van der Waals surface area (Å²) < 4.78 is 0. The minimum absolute atomic E-state index is 0. The summed E-state index contributed by atoms with van der Waals surface area (Å²) in [6.07, 6.45) is 0. The number of anilines is 1. The van der Waals surface area contributed by atoms with Gasteiger partial charge in [-0.15, -0.1) is 24.8 Å². The van der Waals surface area contributed by atoms with Crippen LogP contribution in [0.2, 0.25) is 0 Å². The SMILES string of the molecule is Cl.Cl.NNc1ccc2ccccc2n1. The van der Waals surface area contributed by atoms with E-state index < -0.39 is 0 Å². The zero-order valence-electron chi connectivity index (χ0n) is 7.31. The van der Waals surface area contributed by atoms with Gasteiger partial charge in [-0.25, -0.2) is 10.8 Å². The van der Waals surface area contributed by atoms with E-state index in [0.29, 0.717) is 5.82 Å². The van der Waals surface area contributed by atoms with Crippen LogP contribution in [0.1, 0.15) is 0 Å². The molecule has 2 aromatic rings. The molecule has 5 heteroatoms. The van der Waals surface area contributed by atoms with Gasteiger partial charge in [-0.2, -0.15) is 0 Å². The number of nitrogens with two attached hydrogens (primary N) is 1. The van der Waals surface area contributed by atoms with Crippen LogP contribution in [-0.2, 0) is 0 Å². The van der Waals surface area contributed by atoms with Crippen LogP contribution in [0, 0.1) is 0 Å². The maximum Gasteiger partial charge on any atom is 0.140 e. The van der Waals surface area contributed by atoms with Crippen LogP contribution in [0.15, 0.2) is 36.4 Å². The summed E-state index contributed by atoms with van der Waals surface area (Å²) >= 11 is 0. The predicted octanol–water partition coefficient (Wildman–Crippen LogP) is 2.36. The van der Waals surface area contributed by atoms with E-state index >= 15 is 0 Å². The lowest BCUT2D eigenvalue weighted by molar-refractivity contribution is 1.26. The lowest BCUT2D eigenvalue weighted by Crippen LogP contribution is -2.07. The molecule has 0 aliphatic heterocycles. The fourth-order valence-electron chi connectivity index (χ4n) is 1.15. The molecule has 0 spiro atoms. The average Bonchev–Trinajstić information content (AvgIpc) is 2.17. The Morgan fingerprint density at radius 3 is 2.43 bits per heavy atom. The van der Waals surface area contributed by atoms with E-state index in [1.165, 1.54) is 0 Å². The summed E-state index contributed by atoms with van der Waals surface area (Å²) in [5.41, 5.74) is 3.46. The third kappa shape index (κ3) is 2.48. The van der Waals surface area contributed by atoms with Gasteiger partial charge in [-0.05, 0) is 18.2 Å². The van der Waals surface area contributed by atoms with Crippen molar-refractivity contribution in [1.29, 1.82) is 0 Å². The van der Waals surface area contributed by atoms with E-state index in [9.17, 15) is 0 Å². The van der Waals surface area contributed by atoms with Crippen LogP contribution in [-0.4, -0.2) is 4.98 Å². The largest absolute Gasteiger partial charge is 0.308 e. The topological polar surface area (TPSA) is 50.9 Å². The van der Waals surface area contributed by atoms with Gasteiger partial charge in [-0.3, -0.25) is 0 Å². The lowest BCUT2D eigenvalue weighted by atomic mass is 10.2. The molecule has 2 rings (SSSR count). The van der Waals surface area contributed by atoms with Gasteiger partial charge in [0.25, 0.3) is 0 Å². The van der Waals surface area contributed by atoms with Crippen molar-refractivity contribution in [2.24, 2.45) is 5.84 Å². The van der Waals surface area contributed by atoms with Crippen molar-refractivity contribution in [1.82, 2.24) is 4.98 Å². The number of hydrazine groups is 1. The quantitative estimate of drug-likeness (QED) is 0.586. The molecule has 3 N–H and O–H groups in total. The summed E-state index contributed by atoms with van der Waals surface area (Å²) in [4.78, 5) is 4.26. The molecule has 0 unspecified atom stereocenters. The average molecular weight is 232 g/mol. The first-order chi connectivity index (χ1) is 5.90. The Bertz CT molecular complexity index is 406. The Kier molecular flexibility index (Phi) is 5.23. The Labute approximate surface area is 94.5 Å². The van der Waals surface area contributed by atoms with Gasteiger partial charge >= 0.3 is 0 Å². The van der Waals surface area contributed by atoms with Gasteiger partial charge in [-0.1, -0.05) is 18.2 Å². The molecule has 0 fully saturated rings. The number of benzene rings is 1. The van der Waals surface area contributed by atoms with E-state index in [0.717, 1.165) is 10.9 Å². The first-order valence-electron chi connectivity index (χ1n) is 3.72. The molecule has 0 amide bonds. The summed E-state index contributed by atoms with van der Waals surface area (Å²) in [5.74, 6) is 5.92. The summed E-state index contributed by atoms with van der Waals surface area (Å²) in [6.45, 7) is 0. The third-order valence-electron chi connectivity index (χ3n) is 1.75. The summed E-state index contributed by atoms with van der Waals surface area (Å²) in [5, 5.41) is 1.12. The summed E-state index contributed by atoms with van der Waals surface area (Å²) in [6, 6.07) is 11.7. The van der Waals surface area contributed by atoms with E-state index in [1.807, 2.05) is 36.4 Å². The van der Waals surface area contributed by atoms with Crippen LogP contribution in [0.3, 0.4) is 0 Å². The minimum Gasteiger partial charge on any atom is -0.308 e. The number of aromatic nitrogens is 1. The van der Waals surface area contributed by atoms with Crippen molar-refractivity contribution in [2.45, 2.75) is 0 Å². The van der Waals surface area contributed by atoms with E-state index in [4.69, 9.17) is 5.84 Å². The van der Waals surface area contributed by atoms with E-state index in [-0.39, 0.29) is 24.8 Å². The zero-order valence-corrected chi connectivity index (χ0v) is 8.94. The summed E-state index contributed by atoms with van der Waals surface area (Å²) in [7, 11) is 0. The molecule has 1 aromatic heterocycles. The van der Waals surface area contributed by atoms with Gasteiger partial charge in [0.05, 0.1) is 5.52 Å². The van der Waals surface area contributed by atoms with Crippen molar-refractivity contribution >= 4 is 41.5 Å². The molecule has 3 nitrogen and oxygen atoms in total. The maximum atomic E-state index is 5.23. The molecule has 1 aromatic carbocycles. The predicted molar refractivity (Wildman–Crippen MR) is 64.0 cm³/mol. The van der Waals surface area contributed by atoms with Crippen LogP contribution >= 0.6 is 24.8 Å². The maximum absolute atomic E-state index is 5.23. The molecule has 0 aliphatic rings. The Morgan fingerprint density at radius 2 is 1.71 bits per heavy atom. The van der Waals surface area contributed by atoms with Crippen molar-refractivity contribution in [2.75, 3.05) is 5.43 Å². The molecule has 76 valence electrons. The fourth-order valence-corrected chi connectivity index (χ4v) is 1.15. The van der Waals surface area contributed by atoms with Crippen molar-refractivity contribution < 1.29 is 0 Å². The molecular formula is C9H11Cl2N3. The zero-order chi connectivity index (χ0) is 8.39. The lowest BCUT2D eigenvalue weighted by Gasteiger charge is -2.00. The molecule has 1 heterocycles. The van der Waals surface area contributed by atoms with E-state index in [2.05, 4.69) is 10.4 Å². The molecular weight excluding hydrogens is 221 g/mol. The number of nitrogens with one attached hydrogen (secondary N) is 1.